The van der Waals surface area contributed by atoms with E-state index in [1.807, 2.05) is 0 Å². The van der Waals surface area contributed by atoms with Crippen molar-refractivity contribution in [3.8, 4) is 0 Å². The van der Waals surface area contributed by atoms with Crippen molar-refractivity contribution in [1.82, 2.24) is 5.32 Å². The van der Waals surface area contributed by atoms with Crippen LogP contribution in [0.4, 0.5) is 0 Å². The fourth-order valence-corrected chi connectivity index (χ4v) is 1.82. The lowest BCUT2D eigenvalue weighted by atomic mass is 9.82. The van der Waals surface area contributed by atoms with Gasteiger partial charge in [0.25, 0.3) is 0 Å². The molecular weight excluding hydrogens is 182 g/mol. The Hall–Kier alpha value is -0.0400. The molecule has 2 unspecified atom stereocenters. The molecule has 0 bridgehead atoms. The van der Waals surface area contributed by atoms with Gasteiger partial charge >= 0.3 is 0 Å². The average molecular weight is 213 g/mol. The third-order valence-electron chi connectivity index (χ3n) is 3.33. The SMILES string of the molecule is CCCNC(CCC(C)CC)C(C)(C)C. The number of hydrogen-bond donors (Lipinski definition) is 1. The van der Waals surface area contributed by atoms with Crippen LogP contribution < -0.4 is 5.32 Å². The van der Waals surface area contributed by atoms with Crippen LogP contribution in [0.2, 0.25) is 0 Å². The van der Waals surface area contributed by atoms with E-state index < -0.39 is 0 Å². The fourth-order valence-electron chi connectivity index (χ4n) is 1.82. The molecule has 1 nitrogen and oxygen atoms in total. The van der Waals surface area contributed by atoms with Crippen LogP contribution in [0, 0.1) is 11.3 Å². The summed E-state index contributed by atoms with van der Waals surface area (Å²) in [5.41, 5.74) is 0.391. The summed E-state index contributed by atoms with van der Waals surface area (Å²) in [5, 5.41) is 3.69. The molecule has 1 N–H and O–H groups in total. The second kappa shape index (κ2) is 7.27. The molecule has 0 heterocycles. The fraction of sp³-hybridized carbons (Fsp3) is 1.00. The maximum absolute atomic E-state index is 3.69. The van der Waals surface area contributed by atoms with Gasteiger partial charge in [-0.1, -0.05) is 48.0 Å². The number of rotatable bonds is 7. The lowest BCUT2D eigenvalue weighted by Gasteiger charge is -2.32. The van der Waals surface area contributed by atoms with Gasteiger partial charge in [-0.25, -0.2) is 0 Å². The Morgan fingerprint density at radius 1 is 1.07 bits per heavy atom. The summed E-state index contributed by atoms with van der Waals surface area (Å²) in [6.07, 6.45) is 5.22. The minimum absolute atomic E-state index is 0.391. The Morgan fingerprint density at radius 3 is 2.07 bits per heavy atom. The van der Waals surface area contributed by atoms with Crippen LogP contribution in [0.15, 0.2) is 0 Å². The molecule has 0 aromatic carbocycles. The molecule has 0 aliphatic rings. The average Bonchev–Trinajstić information content (AvgIpc) is 2.15. The first-order valence-corrected chi connectivity index (χ1v) is 6.65. The van der Waals surface area contributed by atoms with Gasteiger partial charge < -0.3 is 5.32 Å². The molecular formula is C14H31N. The highest BCUT2D eigenvalue weighted by Gasteiger charge is 2.23. The third-order valence-corrected chi connectivity index (χ3v) is 3.33. The van der Waals surface area contributed by atoms with Gasteiger partial charge in [0.1, 0.15) is 0 Å². The molecule has 0 saturated carbocycles. The molecule has 0 radical (unpaired) electrons. The van der Waals surface area contributed by atoms with E-state index in [0.717, 1.165) is 12.5 Å². The first kappa shape index (κ1) is 15.0. The predicted octanol–water partition coefficient (Wildman–Crippen LogP) is 4.23. The molecule has 0 aromatic heterocycles. The monoisotopic (exact) mass is 213 g/mol. The minimum atomic E-state index is 0.391. The van der Waals surface area contributed by atoms with Gasteiger partial charge in [0.2, 0.25) is 0 Å². The van der Waals surface area contributed by atoms with Crippen LogP contribution in [0.25, 0.3) is 0 Å². The highest BCUT2D eigenvalue weighted by Crippen LogP contribution is 2.25. The molecule has 15 heavy (non-hydrogen) atoms. The molecule has 1 heteroatoms. The van der Waals surface area contributed by atoms with E-state index in [-0.39, 0.29) is 0 Å². The van der Waals surface area contributed by atoms with Crippen molar-refractivity contribution in [2.24, 2.45) is 11.3 Å². The van der Waals surface area contributed by atoms with Crippen molar-refractivity contribution < 1.29 is 0 Å². The van der Waals surface area contributed by atoms with Crippen molar-refractivity contribution >= 4 is 0 Å². The molecule has 0 aliphatic heterocycles. The van der Waals surface area contributed by atoms with Crippen molar-refractivity contribution in [2.45, 2.75) is 73.3 Å². The van der Waals surface area contributed by atoms with E-state index in [1.165, 1.54) is 25.7 Å². The van der Waals surface area contributed by atoms with Crippen LogP contribution in [0.5, 0.6) is 0 Å². The summed E-state index contributed by atoms with van der Waals surface area (Å²) in [5.74, 6) is 0.873. The molecule has 0 rings (SSSR count). The van der Waals surface area contributed by atoms with E-state index in [0.29, 0.717) is 11.5 Å². The summed E-state index contributed by atoms with van der Waals surface area (Å²) < 4.78 is 0. The Bertz CT molecular complexity index is 146. The van der Waals surface area contributed by atoms with E-state index >= 15 is 0 Å². The normalized spacial score (nSPS) is 16.4. The molecule has 0 fully saturated rings. The smallest absolute Gasteiger partial charge is 0.0116 e. The maximum Gasteiger partial charge on any atom is 0.0116 e. The van der Waals surface area contributed by atoms with E-state index in [4.69, 9.17) is 0 Å². The zero-order valence-corrected chi connectivity index (χ0v) is 11.7. The van der Waals surface area contributed by atoms with Crippen LogP contribution in [-0.4, -0.2) is 12.6 Å². The zero-order chi connectivity index (χ0) is 11.9. The summed E-state index contributed by atoms with van der Waals surface area (Å²) in [7, 11) is 0. The van der Waals surface area contributed by atoms with Gasteiger partial charge in [0.05, 0.1) is 0 Å². The van der Waals surface area contributed by atoms with Crippen LogP contribution in [0.3, 0.4) is 0 Å². The molecule has 0 aromatic rings. The van der Waals surface area contributed by atoms with Crippen LogP contribution in [-0.2, 0) is 0 Å². The second-order valence-electron chi connectivity index (χ2n) is 5.96. The summed E-state index contributed by atoms with van der Waals surface area (Å²) in [4.78, 5) is 0. The zero-order valence-electron chi connectivity index (χ0n) is 11.7. The molecule has 0 amide bonds. The molecule has 2 atom stereocenters. The Morgan fingerprint density at radius 2 is 1.67 bits per heavy atom. The van der Waals surface area contributed by atoms with E-state index in [2.05, 4.69) is 46.9 Å². The van der Waals surface area contributed by atoms with Gasteiger partial charge in [-0.05, 0) is 37.1 Å². The van der Waals surface area contributed by atoms with Crippen molar-refractivity contribution in [3.05, 3.63) is 0 Å². The Kier molecular flexibility index (Phi) is 7.25. The van der Waals surface area contributed by atoms with Gasteiger partial charge in [-0.2, -0.15) is 0 Å². The van der Waals surface area contributed by atoms with Crippen molar-refractivity contribution in [3.63, 3.8) is 0 Å². The van der Waals surface area contributed by atoms with E-state index in [9.17, 15) is 0 Å². The predicted molar refractivity (Wildman–Crippen MR) is 70.2 cm³/mol. The molecule has 0 saturated heterocycles. The quantitative estimate of drug-likeness (QED) is 0.667. The van der Waals surface area contributed by atoms with Crippen molar-refractivity contribution in [2.75, 3.05) is 6.54 Å². The first-order chi connectivity index (χ1) is 6.91. The molecule has 0 aliphatic carbocycles. The van der Waals surface area contributed by atoms with Gasteiger partial charge in [-0.15, -0.1) is 0 Å². The third kappa shape index (κ3) is 6.94. The minimum Gasteiger partial charge on any atom is -0.313 e. The van der Waals surface area contributed by atoms with Gasteiger partial charge in [0.15, 0.2) is 0 Å². The molecule has 92 valence electrons. The maximum atomic E-state index is 3.69. The summed E-state index contributed by atoms with van der Waals surface area (Å²) in [6.45, 7) is 15.1. The topological polar surface area (TPSA) is 12.0 Å². The van der Waals surface area contributed by atoms with Gasteiger partial charge in [0, 0.05) is 6.04 Å². The first-order valence-electron chi connectivity index (χ1n) is 6.65. The Labute approximate surface area is 97.0 Å². The summed E-state index contributed by atoms with van der Waals surface area (Å²) >= 11 is 0. The lowest BCUT2D eigenvalue weighted by molar-refractivity contribution is 0.241. The highest BCUT2D eigenvalue weighted by molar-refractivity contribution is 4.80. The van der Waals surface area contributed by atoms with Gasteiger partial charge in [-0.3, -0.25) is 0 Å². The second-order valence-corrected chi connectivity index (χ2v) is 5.96. The molecule has 0 spiro atoms. The largest absolute Gasteiger partial charge is 0.313 e. The lowest BCUT2D eigenvalue weighted by Crippen LogP contribution is -2.40. The number of hydrogen-bond acceptors (Lipinski definition) is 1. The van der Waals surface area contributed by atoms with Crippen LogP contribution in [0.1, 0.15) is 67.2 Å². The number of nitrogens with one attached hydrogen (secondary N) is 1. The van der Waals surface area contributed by atoms with E-state index in [1.54, 1.807) is 0 Å². The van der Waals surface area contributed by atoms with Crippen molar-refractivity contribution in [1.29, 1.82) is 0 Å². The highest BCUT2D eigenvalue weighted by atomic mass is 14.9. The Balaban J connectivity index is 4.02. The summed E-state index contributed by atoms with van der Waals surface area (Å²) in [6, 6.07) is 0.673. The standard InChI is InChI=1S/C14H31N/c1-7-11-15-13(14(4,5)6)10-9-12(3)8-2/h12-13,15H,7-11H2,1-6H3. The van der Waals surface area contributed by atoms with Crippen LogP contribution >= 0.6 is 0 Å².